The molecule has 3 nitrogen and oxygen atoms in total. The summed E-state index contributed by atoms with van der Waals surface area (Å²) >= 11 is 0. The molecule has 0 N–H and O–H groups in total. The summed E-state index contributed by atoms with van der Waals surface area (Å²) in [5, 5.41) is 0.192. The summed E-state index contributed by atoms with van der Waals surface area (Å²) in [6.45, 7) is 34.0. The first kappa shape index (κ1) is 32.2. The zero-order chi connectivity index (χ0) is 25.7. The predicted molar refractivity (Wildman–Crippen MR) is 156 cm³/mol. The summed E-state index contributed by atoms with van der Waals surface area (Å²) in [6, 6.07) is 0. The van der Waals surface area contributed by atoms with Gasteiger partial charge < -0.3 is 0 Å². The van der Waals surface area contributed by atoms with Crippen LogP contribution in [0.5, 0.6) is 0 Å². The molecule has 0 heterocycles. The molecule has 7 heteroatoms. The van der Waals surface area contributed by atoms with E-state index in [1.807, 2.05) is 0 Å². The van der Waals surface area contributed by atoms with Crippen molar-refractivity contribution in [3.63, 3.8) is 0 Å². The molecule has 0 saturated heterocycles. The van der Waals surface area contributed by atoms with Gasteiger partial charge in [-0.05, 0) is 0 Å². The van der Waals surface area contributed by atoms with Crippen molar-refractivity contribution >= 4 is 27.8 Å². The van der Waals surface area contributed by atoms with Crippen molar-refractivity contribution in [2.75, 3.05) is 60.0 Å². The van der Waals surface area contributed by atoms with E-state index in [4.69, 9.17) is 13.3 Å². The van der Waals surface area contributed by atoms with Gasteiger partial charge in [0.1, 0.15) is 0 Å². The Hall–Kier alpha value is 1.23. The van der Waals surface area contributed by atoms with Gasteiger partial charge in [-0.3, -0.25) is 0 Å². The second-order valence-corrected chi connectivity index (χ2v) is 35.2. The molecule has 0 aromatic rings. The topological polar surface area (TPSA) is 27.7 Å². The molecule has 0 unspecified atom stereocenters. The summed E-state index contributed by atoms with van der Waals surface area (Å²) in [4.78, 5) is 0. The molecule has 0 spiro atoms. The zero-order valence-electron chi connectivity index (χ0n) is 24.8. The normalized spacial score (nSPS) is 19.0. The Kier molecular flexibility index (Phi) is 8.76. The monoisotopic (exact) mass is 500 g/mol. The molecule has 0 radical (unpaired) electrons. The van der Waals surface area contributed by atoms with Crippen LogP contribution in [-0.2, 0) is 13.3 Å². The minimum absolute atomic E-state index is 0.0639. The molecule has 0 bridgehead atoms. The molecule has 0 rings (SSSR count). The summed E-state index contributed by atoms with van der Waals surface area (Å²) < 4.78 is 21.3. The van der Waals surface area contributed by atoms with E-state index in [1.54, 1.807) is 0 Å². The van der Waals surface area contributed by atoms with E-state index in [-0.39, 0.29) is 15.5 Å². The van der Waals surface area contributed by atoms with Crippen LogP contribution in [-0.4, -0.2) is 82.8 Å². The first-order chi connectivity index (χ1) is 13.1. The third-order valence-corrected chi connectivity index (χ3v) is 26.2. The van der Waals surface area contributed by atoms with Crippen molar-refractivity contribution in [2.24, 2.45) is 0 Å². The van der Waals surface area contributed by atoms with Gasteiger partial charge in [0.25, 0.3) is 0 Å². The zero-order valence-corrected chi connectivity index (χ0v) is 27.4. The van der Waals surface area contributed by atoms with Gasteiger partial charge in [0, 0.05) is 0 Å². The van der Waals surface area contributed by atoms with Gasteiger partial charge in [0.15, 0.2) is 0 Å². The van der Waals surface area contributed by atoms with E-state index in [0.717, 1.165) is 19.3 Å². The van der Waals surface area contributed by atoms with Crippen molar-refractivity contribution < 1.29 is 13.3 Å². The van der Waals surface area contributed by atoms with Crippen LogP contribution in [0.15, 0.2) is 0 Å². The number of hydrogen-bond donors (Lipinski definition) is 0. The van der Waals surface area contributed by atoms with Gasteiger partial charge in [-0.25, -0.2) is 0 Å². The van der Waals surface area contributed by atoms with Crippen LogP contribution in [0.25, 0.3) is 0 Å². The van der Waals surface area contributed by atoms with Crippen molar-refractivity contribution in [3.8, 4) is 0 Å². The molecule has 0 aromatic heterocycles. The first-order valence-electron chi connectivity index (χ1n) is 12.1. The van der Waals surface area contributed by atoms with Crippen LogP contribution in [0.4, 0.5) is 0 Å². The van der Waals surface area contributed by atoms with Crippen molar-refractivity contribution in [1.82, 2.24) is 0 Å². The Balaban J connectivity index is 6.64. The predicted octanol–water partition coefficient (Wildman–Crippen LogP) is 8.66. The van der Waals surface area contributed by atoms with E-state index >= 15 is 0 Å². The molecule has 0 aliphatic heterocycles. The summed E-state index contributed by atoms with van der Waals surface area (Å²) in [6.07, 6.45) is 3.18. The molecule has 0 aromatic carbocycles. The molecule has 0 fully saturated rings. The van der Waals surface area contributed by atoms with E-state index in [1.165, 1.54) is 0 Å². The maximum absolute atomic E-state index is 7.11. The fraction of sp³-hybridized carbons (Fsp3) is 1.00. The molecule has 0 aliphatic carbocycles. The van der Waals surface area contributed by atoms with Crippen molar-refractivity contribution in [3.05, 3.63) is 0 Å². The second-order valence-electron chi connectivity index (χ2n) is 15.1. The fourth-order valence-electron chi connectivity index (χ4n) is 3.01. The van der Waals surface area contributed by atoms with Crippen molar-refractivity contribution in [2.45, 2.75) is 97.0 Å². The maximum atomic E-state index is 7.11. The first-order valence-corrected chi connectivity index (χ1v) is 22.6. The van der Waals surface area contributed by atoms with E-state index < -0.39 is 27.8 Å². The Bertz CT molecular complexity index is 554. The molecule has 0 atom stereocenters. The second kappa shape index (κ2) is 8.42. The van der Waals surface area contributed by atoms with Gasteiger partial charge in [0.2, 0.25) is 0 Å². The summed E-state index contributed by atoms with van der Waals surface area (Å²) in [5.74, 6) is 0. The van der Waals surface area contributed by atoms with Crippen molar-refractivity contribution in [1.29, 1.82) is 0 Å². The molecule has 0 saturated carbocycles. The Morgan fingerprint density at radius 3 is 0.742 bits per heavy atom. The Labute approximate surface area is 198 Å². The third-order valence-electron chi connectivity index (χ3n) is 10.1. The average molecular weight is 500 g/mol. The van der Waals surface area contributed by atoms with Crippen LogP contribution in [0.3, 0.4) is 0 Å². The fourth-order valence-corrected chi connectivity index (χ4v) is 9.36. The van der Waals surface area contributed by atoms with Gasteiger partial charge in [-0.2, -0.15) is 0 Å². The van der Waals surface area contributed by atoms with E-state index in [0.29, 0.717) is 0 Å². The Morgan fingerprint density at radius 2 is 0.613 bits per heavy atom. The molecule has 31 heavy (non-hydrogen) atoms. The molecule has 192 valence electrons. The van der Waals surface area contributed by atoms with Crippen LogP contribution in [0.2, 0.25) is 0 Å². The van der Waals surface area contributed by atoms with E-state index in [9.17, 15) is 0 Å². The molecular weight excluding hydrogens is 440 g/mol. The van der Waals surface area contributed by atoms with Crippen LogP contribution >= 0.6 is 20.5 Å². The third kappa shape index (κ3) is 6.47. The summed E-state index contributed by atoms with van der Waals surface area (Å²) in [5.41, 5.74) is 0. The molecular formula is C24H60BO3P3. The minimum atomic E-state index is -2.60. The van der Waals surface area contributed by atoms with Gasteiger partial charge in [-0.1, -0.05) is 0 Å². The number of rotatable bonds is 12. The van der Waals surface area contributed by atoms with Gasteiger partial charge in [-0.15, -0.1) is 0 Å². The quantitative estimate of drug-likeness (QED) is 0.198. The average Bonchev–Trinajstić information content (AvgIpc) is 2.50. The van der Waals surface area contributed by atoms with Crippen LogP contribution < -0.4 is 0 Å². The summed E-state index contributed by atoms with van der Waals surface area (Å²) in [7, 11) is -0.657. The SMILES string of the molecule is CCC(C)(C)P(C)(C)(C)OB(OP(C)(C)(C)C(C)(C)CC)OP(C)(C)(C)C(C)(C)CC. The Morgan fingerprint density at radius 1 is 0.452 bits per heavy atom. The molecule has 0 amide bonds. The standard InChI is InChI=1S/C24H60BO3P3/c1-19-22(4,5)29(10,11,12)26-25(27-30(13,14,15)23(6,7)20-2)28-31(16,17,18)24(8,9)21-3/h19-21H2,1-18H3. The van der Waals surface area contributed by atoms with E-state index in [2.05, 4.69) is 122 Å². The van der Waals surface area contributed by atoms with Crippen LogP contribution in [0, 0.1) is 0 Å². The van der Waals surface area contributed by atoms with Crippen LogP contribution in [0.1, 0.15) is 81.6 Å². The van der Waals surface area contributed by atoms with Gasteiger partial charge in [0.05, 0.1) is 0 Å². The van der Waals surface area contributed by atoms with Gasteiger partial charge >= 0.3 is 198 Å². The number of hydrogen-bond acceptors (Lipinski definition) is 3. The molecule has 0 aliphatic rings.